The van der Waals surface area contributed by atoms with Gasteiger partial charge in [-0.05, 0) is 119 Å². The van der Waals surface area contributed by atoms with Gasteiger partial charge in [0.15, 0.2) is 24.8 Å². The lowest BCUT2D eigenvalue weighted by atomic mass is 9.74. The Hall–Kier alpha value is -3.07. The highest BCUT2D eigenvalue weighted by Crippen LogP contribution is 2.41. The van der Waals surface area contributed by atoms with Crippen molar-refractivity contribution >= 4 is 33.7 Å². The van der Waals surface area contributed by atoms with Gasteiger partial charge in [-0.1, -0.05) is 72.4 Å². The number of aliphatic hydroxyl groups is 5. The van der Waals surface area contributed by atoms with E-state index in [0.29, 0.717) is 32.4 Å². The van der Waals surface area contributed by atoms with Crippen LogP contribution in [0, 0.1) is 17.8 Å². The summed E-state index contributed by atoms with van der Waals surface area (Å²) in [7, 11) is 0. The maximum absolute atomic E-state index is 14.3. The lowest BCUT2D eigenvalue weighted by Crippen LogP contribution is -2.64. The van der Waals surface area contributed by atoms with Gasteiger partial charge < -0.3 is 80.3 Å². The van der Waals surface area contributed by atoms with Crippen LogP contribution in [0.5, 0.6) is 0 Å². The highest BCUT2D eigenvalue weighted by molar-refractivity contribution is 9.10. The molecule has 15 atom stereocenters. The van der Waals surface area contributed by atoms with Gasteiger partial charge in [-0.3, -0.25) is 9.69 Å². The summed E-state index contributed by atoms with van der Waals surface area (Å²) in [6, 6.07) is 14.5. The van der Waals surface area contributed by atoms with Crippen molar-refractivity contribution in [1.29, 1.82) is 0 Å². The lowest BCUT2D eigenvalue weighted by molar-refractivity contribution is -0.349. The number of nitrogens with zero attached hydrogens (tertiary/aromatic N) is 1. The van der Waals surface area contributed by atoms with Gasteiger partial charge in [0.05, 0.1) is 30.5 Å². The topological polar surface area (TPSA) is 279 Å². The molecule has 0 radical (unpaired) electrons. The lowest BCUT2D eigenvalue weighted by Gasteiger charge is -2.48. The molecule has 7 rings (SSSR count). The van der Waals surface area contributed by atoms with E-state index in [0.717, 1.165) is 94.6 Å². The second-order valence-electron chi connectivity index (χ2n) is 21.3. The summed E-state index contributed by atoms with van der Waals surface area (Å²) in [5.74, 6) is -2.99. The molecule has 3 aliphatic heterocycles. The molecular weight excluding hydrogens is 1050 g/mol. The highest BCUT2D eigenvalue weighted by atomic mass is 79.9. The number of aliphatic hydroxyl groups excluding tert-OH is 5. The Labute approximate surface area is 455 Å². The molecule has 10 N–H and O–H groups in total. The molecule has 0 amide bonds. The zero-order valence-electron chi connectivity index (χ0n) is 44.1. The molecule has 2 aromatic rings. The summed E-state index contributed by atoms with van der Waals surface area (Å²) in [6.07, 6.45) is -12.6. The van der Waals surface area contributed by atoms with Crippen LogP contribution >= 0.6 is 15.9 Å². The molecule has 5 fully saturated rings. The highest BCUT2D eigenvalue weighted by Gasteiger charge is 2.54. The minimum absolute atomic E-state index is 0.0134. The van der Waals surface area contributed by atoms with E-state index < -0.39 is 110 Å². The number of ether oxygens (including phenoxy) is 6. The number of carboxylic acids is 1. The number of nitrogens with one attached hydrogen (secondary N) is 4. The number of Topliss-reactive ketones (excluding diaryl/α,β-unsaturated/α-hetero) is 1. The predicted molar refractivity (Wildman–Crippen MR) is 283 cm³/mol. The van der Waals surface area contributed by atoms with Crippen molar-refractivity contribution in [2.24, 2.45) is 17.8 Å². The monoisotopic (exact) mass is 1130 g/mol. The van der Waals surface area contributed by atoms with Crippen molar-refractivity contribution in [2.45, 2.75) is 171 Å². The molecule has 0 aromatic heterocycles. The number of aliphatic carboxylic acids is 1. The molecule has 76 heavy (non-hydrogen) atoms. The molecule has 0 spiro atoms. The minimum atomic E-state index is -1.67. The number of carboxylic acid groups (broad SMARTS) is 1. The van der Waals surface area contributed by atoms with Gasteiger partial charge in [-0.25, -0.2) is 9.59 Å². The summed E-state index contributed by atoms with van der Waals surface area (Å²) in [5, 5.41) is 79.0. The van der Waals surface area contributed by atoms with Crippen LogP contribution in [0.2, 0.25) is 0 Å². The Morgan fingerprint density at radius 2 is 1.57 bits per heavy atom. The van der Waals surface area contributed by atoms with Gasteiger partial charge in [0.1, 0.15) is 42.4 Å². The molecule has 426 valence electrons. The third kappa shape index (κ3) is 17.5. The van der Waals surface area contributed by atoms with Gasteiger partial charge >= 0.3 is 11.9 Å². The van der Waals surface area contributed by atoms with E-state index >= 15 is 0 Å². The summed E-state index contributed by atoms with van der Waals surface area (Å²) >= 11 is 3.81. The number of halogens is 1. The number of benzene rings is 2. The summed E-state index contributed by atoms with van der Waals surface area (Å²) in [4.78, 5) is 43.3. The first-order chi connectivity index (χ1) is 36.7. The Morgan fingerprint density at radius 3 is 2.26 bits per heavy atom. The zero-order valence-corrected chi connectivity index (χ0v) is 45.7. The number of ketones is 1. The van der Waals surface area contributed by atoms with Crippen molar-refractivity contribution < 1.29 is 73.4 Å². The van der Waals surface area contributed by atoms with Crippen molar-refractivity contribution in [2.75, 3.05) is 65.5 Å². The third-order valence-corrected chi connectivity index (χ3v) is 16.2. The largest absolute Gasteiger partial charge is 0.479 e. The molecule has 21 heteroatoms. The summed E-state index contributed by atoms with van der Waals surface area (Å²) in [6.45, 7) is 12.6. The average Bonchev–Trinajstić information content (AvgIpc) is 4.25. The minimum Gasteiger partial charge on any atom is -0.479 e. The molecule has 3 saturated heterocycles. The second-order valence-corrected chi connectivity index (χ2v) is 22.1. The van der Waals surface area contributed by atoms with Gasteiger partial charge in [0, 0.05) is 56.1 Å². The fraction of sp³-hybridized carbons (Fsp3) is 0.727. The molecule has 2 saturated carbocycles. The van der Waals surface area contributed by atoms with Crippen LogP contribution in [0.3, 0.4) is 0 Å². The van der Waals surface area contributed by atoms with Crippen LogP contribution in [-0.2, 0) is 51.1 Å². The maximum Gasteiger partial charge on any atom is 0.338 e. The summed E-state index contributed by atoms with van der Waals surface area (Å²) in [5.41, 5.74) is 2.48. The summed E-state index contributed by atoms with van der Waals surface area (Å²) < 4.78 is 38.7. The van der Waals surface area contributed by atoms with Crippen molar-refractivity contribution in [1.82, 2.24) is 26.2 Å². The van der Waals surface area contributed by atoms with Crippen LogP contribution in [0.25, 0.3) is 0 Å². The maximum atomic E-state index is 14.3. The Kier molecular flexibility index (Phi) is 24.3. The van der Waals surface area contributed by atoms with Gasteiger partial charge in [0.25, 0.3) is 0 Å². The normalized spacial score (nSPS) is 32.9. The number of carbonyl (C=O) groups excluding carboxylic acids is 2. The van der Waals surface area contributed by atoms with E-state index in [2.05, 4.69) is 60.3 Å². The molecule has 14 unspecified atom stereocenters. The molecule has 2 aromatic carbocycles. The Balaban J connectivity index is 1.03. The number of rotatable bonds is 22. The quantitative estimate of drug-likeness (QED) is 0.0598. The van der Waals surface area contributed by atoms with Gasteiger partial charge in [-0.15, -0.1) is 0 Å². The van der Waals surface area contributed by atoms with Gasteiger partial charge in [0.2, 0.25) is 0 Å². The smallest absolute Gasteiger partial charge is 0.338 e. The zero-order chi connectivity index (χ0) is 54.1. The molecule has 5 aliphatic rings. The fourth-order valence-electron chi connectivity index (χ4n) is 10.7. The van der Waals surface area contributed by atoms with E-state index in [1.165, 1.54) is 24.6 Å². The van der Waals surface area contributed by atoms with E-state index in [1.54, 1.807) is 18.2 Å². The number of carbonyl (C=O) groups is 3. The fourth-order valence-corrected chi connectivity index (χ4v) is 11.3. The standard InChI is InChI=1S/C55H84BrN5O15/c1-3-36-28-39(41(63)12-7-17-60-30-38-16-15-35(26-40(38)56)31-61-24-9-20-58-22-21-57-18-8-19-59-23-25-61)29-42(49(36)76-54-48(67)47(66)45(64)33(2)71-54)73-55-51(75-53(70)37-10-5-4-6-11-37)50(46(65)44(32-62)74-55)72-43(52(68)69)27-34-13-14-34/h4-6,10-11,15-16,26,33-34,36,39,42-51,54-55,57-60,62,64-67H,3,7-9,12-14,17-25,27-32H2,1-2H3,(H,68,69)/t33?,36?,39?,42?,43-,44?,45?,46?,47?,48?,49?,50?,51?,54?,55?/m0/s1. The first-order valence-corrected chi connectivity index (χ1v) is 28.5. The number of hydrogen-bond acceptors (Lipinski definition) is 19. The van der Waals surface area contributed by atoms with E-state index in [-0.39, 0.29) is 36.5 Å². The number of esters is 1. The Bertz CT molecular complexity index is 2080. The van der Waals surface area contributed by atoms with Crippen LogP contribution in [-0.4, -0.2) is 198 Å². The van der Waals surface area contributed by atoms with E-state index in [1.807, 2.05) is 6.92 Å². The van der Waals surface area contributed by atoms with Crippen LogP contribution in [0.15, 0.2) is 53.0 Å². The second kappa shape index (κ2) is 30.5. The number of hydrogen-bond donors (Lipinski definition) is 10. The molecule has 0 bridgehead atoms. The van der Waals surface area contributed by atoms with Crippen molar-refractivity contribution in [3.63, 3.8) is 0 Å². The van der Waals surface area contributed by atoms with Crippen molar-refractivity contribution in [3.8, 4) is 0 Å². The molecule has 2 aliphatic carbocycles. The first-order valence-electron chi connectivity index (χ1n) is 27.7. The predicted octanol–water partition coefficient (Wildman–Crippen LogP) is 2.23. The third-order valence-electron chi connectivity index (χ3n) is 15.4. The molecule has 3 heterocycles. The van der Waals surface area contributed by atoms with E-state index in [9.17, 15) is 45.0 Å². The van der Waals surface area contributed by atoms with Crippen LogP contribution < -0.4 is 21.3 Å². The average molecular weight is 1140 g/mol. The van der Waals surface area contributed by atoms with Crippen LogP contribution in [0.4, 0.5) is 0 Å². The molecule has 20 nitrogen and oxygen atoms in total. The Morgan fingerprint density at radius 1 is 0.829 bits per heavy atom. The SMILES string of the molecule is CCC1CC(C(=O)CCCNCc2ccc(CN3CCCNCCNCCCNCC3)cc2Br)CC(OC2OC(CO)C(O)C(O[C@@H](CC3CC3)C(=O)O)C2OC(=O)c2ccccc2)C1OC1OC(C)C(O)C(O)C1O. The first kappa shape index (κ1) is 60.6. The van der Waals surface area contributed by atoms with Crippen molar-refractivity contribution in [3.05, 3.63) is 69.7 Å². The molecular formula is C55H84BrN5O15. The van der Waals surface area contributed by atoms with Gasteiger partial charge in [-0.2, -0.15) is 0 Å². The van der Waals surface area contributed by atoms with Crippen LogP contribution in [0.1, 0.15) is 99.5 Å². The van der Waals surface area contributed by atoms with E-state index in [4.69, 9.17) is 28.4 Å².